The van der Waals surface area contributed by atoms with Crippen LogP contribution < -0.4 is 21.9 Å². The molecule has 0 aliphatic rings. The number of benzene rings is 5. The number of ketones is 1. The van der Waals surface area contributed by atoms with Gasteiger partial charge in [0.25, 0.3) is 0 Å². The van der Waals surface area contributed by atoms with Crippen LogP contribution in [0.3, 0.4) is 0 Å². The molecule has 0 aliphatic carbocycles. The van der Waals surface area contributed by atoms with Crippen LogP contribution in [0.4, 0.5) is 105 Å². The third kappa shape index (κ3) is 13.4. The average molecular weight is 1060 g/mol. The largest absolute Gasteiger partial charge is 0.508 e. The van der Waals surface area contributed by atoms with Gasteiger partial charge in [-0.3, -0.25) is 4.79 Å². The van der Waals surface area contributed by atoms with E-state index in [4.69, 9.17) is 5.11 Å². The van der Waals surface area contributed by atoms with Gasteiger partial charge in [0.2, 0.25) is 5.78 Å². The molecule has 5 aromatic carbocycles. The summed E-state index contributed by atoms with van der Waals surface area (Å²) < 4.78 is 341. The monoisotopic (exact) mass is 1060 g/mol. The van der Waals surface area contributed by atoms with Crippen molar-refractivity contribution in [2.45, 2.75) is 49.4 Å². The van der Waals surface area contributed by atoms with E-state index in [1.807, 2.05) is 12.5 Å². The number of carbonyl (C=O) groups is 1. The molecule has 0 amide bonds. The summed E-state index contributed by atoms with van der Waals surface area (Å²) in [5.41, 5.74) is -29.6. The Morgan fingerprint density at radius 2 is 0.600 bits per heavy atom. The Labute approximate surface area is 380 Å². The highest BCUT2D eigenvalue weighted by Gasteiger charge is 2.47. The van der Waals surface area contributed by atoms with Crippen LogP contribution in [0.1, 0.15) is 54.9 Å². The summed E-state index contributed by atoms with van der Waals surface area (Å²) in [7, 11) is 0.116. The van der Waals surface area contributed by atoms with Crippen molar-refractivity contribution in [2.75, 3.05) is 18.3 Å². The fourth-order valence-corrected chi connectivity index (χ4v) is 7.79. The number of rotatable bonds is 7. The second-order valence-corrected chi connectivity index (χ2v) is 17.6. The SMILES string of the molecule is C[S+](C)CC(=O)c1cccc(O)c1.FC(F)(F)c1cc([B-](c2cc(C(F)(F)F)cc(C(F)(F)F)c2)(c2cc(C(F)(F)F)cc(C(F)(F)F)c2)c2cc(C(F)(F)F)cc(C(F)(F)F)c2)cc(C(F)(F)F)c1. The maximum Gasteiger partial charge on any atom is 0.416 e. The summed E-state index contributed by atoms with van der Waals surface area (Å²) in [5, 5.41) is 9.15. The van der Waals surface area contributed by atoms with E-state index in [-0.39, 0.29) is 22.4 Å². The molecule has 0 radical (unpaired) electrons. The third-order valence-corrected chi connectivity index (χ3v) is 10.9. The van der Waals surface area contributed by atoms with Crippen LogP contribution in [0.15, 0.2) is 97.1 Å². The zero-order chi connectivity index (χ0) is 53.8. The predicted molar refractivity (Wildman–Crippen MR) is 207 cm³/mol. The Bertz CT molecular complexity index is 2260. The predicted octanol–water partition coefficient (Wildman–Crippen LogP) is 12.7. The first-order valence-electron chi connectivity index (χ1n) is 18.6. The van der Waals surface area contributed by atoms with Crippen molar-refractivity contribution in [3.05, 3.63) is 147 Å². The molecule has 0 spiro atoms. The molecular formula is C42H25BF24O2S. The molecule has 28 heteroatoms. The van der Waals surface area contributed by atoms with Gasteiger partial charge in [-0.25, -0.2) is 0 Å². The highest BCUT2D eigenvalue weighted by molar-refractivity contribution is 7.96. The van der Waals surface area contributed by atoms with Crippen LogP contribution in [-0.4, -0.2) is 35.3 Å². The second kappa shape index (κ2) is 19.1. The molecule has 382 valence electrons. The number of hydrogen-bond acceptors (Lipinski definition) is 2. The molecule has 0 fully saturated rings. The molecule has 0 bridgehead atoms. The van der Waals surface area contributed by atoms with Crippen LogP contribution in [0.25, 0.3) is 0 Å². The smallest absolute Gasteiger partial charge is 0.416 e. The molecule has 0 atom stereocenters. The van der Waals surface area contributed by atoms with Gasteiger partial charge in [-0.2, -0.15) is 127 Å². The van der Waals surface area contributed by atoms with Crippen molar-refractivity contribution >= 4 is 44.7 Å². The number of phenolic OH excluding ortho intramolecular Hbond substituents is 1. The zero-order valence-corrected chi connectivity index (χ0v) is 35.2. The van der Waals surface area contributed by atoms with E-state index >= 15 is 0 Å². The summed E-state index contributed by atoms with van der Waals surface area (Å²) in [6.45, 7) is 0. The van der Waals surface area contributed by atoms with Crippen molar-refractivity contribution in [1.82, 2.24) is 0 Å². The Morgan fingerprint density at radius 1 is 0.386 bits per heavy atom. The lowest BCUT2D eigenvalue weighted by Crippen LogP contribution is -2.75. The van der Waals surface area contributed by atoms with Crippen LogP contribution in [0.2, 0.25) is 0 Å². The lowest BCUT2D eigenvalue weighted by atomic mass is 9.12. The van der Waals surface area contributed by atoms with Gasteiger partial charge in [-0.15, -0.1) is 0 Å². The topological polar surface area (TPSA) is 37.3 Å². The van der Waals surface area contributed by atoms with Crippen LogP contribution in [-0.2, 0) is 60.3 Å². The number of carbonyl (C=O) groups excluding carboxylic acids is 1. The fourth-order valence-electron chi connectivity index (χ4n) is 7.10. The Balaban J connectivity index is 0.000000707. The van der Waals surface area contributed by atoms with Gasteiger partial charge >= 0.3 is 49.4 Å². The molecule has 0 saturated carbocycles. The molecule has 0 heterocycles. The average Bonchev–Trinajstić information content (AvgIpc) is 3.18. The zero-order valence-electron chi connectivity index (χ0n) is 34.4. The van der Waals surface area contributed by atoms with E-state index < -0.39 is 195 Å². The van der Waals surface area contributed by atoms with Crippen LogP contribution in [0, 0.1) is 0 Å². The number of Topliss-reactive ketones (excluding diaryl/α,β-unsaturated/α-hetero) is 1. The Kier molecular flexibility index (Phi) is 15.6. The highest BCUT2D eigenvalue weighted by Crippen LogP contribution is 2.41. The van der Waals surface area contributed by atoms with Gasteiger partial charge in [-0.1, -0.05) is 60.7 Å². The molecular weight excluding hydrogens is 1040 g/mol. The van der Waals surface area contributed by atoms with Crippen molar-refractivity contribution in [3.63, 3.8) is 0 Å². The minimum absolute atomic E-state index is 0.101. The summed E-state index contributed by atoms with van der Waals surface area (Å²) >= 11 is 0. The van der Waals surface area contributed by atoms with Crippen molar-refractivity contribution < 1.29 is 115 Å². The molecule has 2 nitrogen and oxygen atoms in total. The van der Waals surface area contributed by atoms with E-state index in [1.54, 1.807) is 18.2 Å². The summed E-state index contributed by atoms with van der Waals surface area (Å²) in [5.74, 6) is 0.811. The Hall–Kier alpha value is -5.70. The molecule has 70 heavy (non-hydrogen) atoms. The number of aromatic hydroxyl groups is 1. The molecule has 5 rings (SSSR count). The molecule has 0 aromatic heterocycles. The van der Waals surface area contributed by atoms with Crippen molar-refractivity contribution in [1.29, 1.82) is 0 Å². The maximum absolute atomic E-state index is 14.2. The number of phenols is 1. The van der Waals surface area contributed by atoms with Crippen LogP contribution in [0.5, 0.6) is 5.75 Å². The third-order valence-electron chi connectivity index (χ3n) is 10.0. The number of halogens is 24. The lowest BCUT2D eigenvalue weighted by Gasteiger charge is -2.46. The summed E-state index contributed by atoms with van der Waals surface area (Å²) in [4.78, 5) is 11.5. The minimum Gasteiger partial charge on any atom is -0.508 e. The number of hydrogen-bond donors (Lipinski definition) is 1. The first kappa shape index (κ1) is 56.9. The maximum atomic E-state index is 14.2. The standard InChI is InChI=1S/C32H12BF24.C10H12O2S/c34-25(35,36)13-1-14(26(37,38)39)6-21(5-13)33(22-7-15(27(40,41)42)2-16(8-22)28(43,44)45,23-9-17(29(46,47)48)3-18(10-23)30(49,50)51)24-11-19(31(52,53)54)4-20(12-24)32(55,56)57;1-13(2)7-10(12)8-4-3-5-9(11)6-8/h1-12H;3-6H,7H2,1-2H3/q-1;/p+1. The van der Waals surface area contributed by atoms with Gasteiger partial charge < -0.3 is 5.11 Å². The van der Waals surface area contributed by atoms with Crippen molar-refractivity contribution in [3.8, 4) is 5.75 Å². The Morgan fingerprint density at radius 3 is 0.771 bits per heavy atom. The van der Waals surface area contributed by atoms with E-state index in [1.165, 1.54) is 6.07 Å². The molecule has 1 N–H and O–H groups in total. The molecule has 0 unspecified atom stereocenters. The fraction of sp³-hybridized carbons (Fsp3) is 0.262. The second-order valence-electron chi connectivity index (χ2n) is 15.3. The first-order valence-corrected chi connectivity index (χ1v) is 20.8. The highest BCUT2D eigenvalue weighted by atomic mass is 32.2. The van der Waals surface area contributed by atoms with E-state index in [0.29, 0.717) is 11.3 Å². The summed E-state index contributed by atoms with van der Waals surface area (Å²) in [6, 6.07) is -2.32. The van der Waals surface area contributed by atoms with Gasteiger partial charge in [0, 0.05) is 5.56 Å². The van der Waals surface area contributed by atoms with E-state index in [9.17, 15) is 110 Å². The first-order chi connectivity index (χ1) is 31.4. The molecule has 0 saturated heterocycles. The van der Waals surface area contributed by atoms with Gasteiger partial charge in [0.1, 0.15) is 11.9 Å². The van der Waals surface area contributed by atoms with Gasteiger partial charge in [0.15, 0.2) is 5.75 Å². The molecule has 0 aliphatic heterocycles. The lowest BCUT2D eigenvalue weighted by molar-refractivity contribution is -0.144. The summed E-state index contributed by atoms with van der Waals surface area (Å²) in [6.07, 6.45) is -50.7. The van der Waals surface area contributed by atoms with Crippen LogP contribution >= 0.6 is 0 Å². The minimum atomic E-state index is -6.13. The van der Waals surface area contributed by atoms with Crippen molar-refractivity contribution in [2.24, 2.45) is 0 Å². The quantitative estimate of drug-likeness (QED) is 0.0763. The normalized spacial score (nSPS) is 13.6. The van der Waals surface area contributed by atoms with E-state index in [0.717, 1.165) is 0 Å². The van der Waals surface area contributed by atoms with Gasteiger partial charge in [-0.05, 0) is 47.3 Å². The molecule has 5 aromatic rings. The van der Waals surface area contributed by atoms with Gasteiger partial charge in [0.05, 0.1) is 57.0 Å². The number of alkyl halides is 24. The van der Waals surface area contributed by atoms with E-state index in [2.05, 4.69) is 0 Å².